The molecule has 0 saturated heterocycles. The van der Waals surface area contributed by atoms with Crippen LogP contribution in [0.4, 0.5) is 17.1 Å². The largest absolute Gasteiger partial charge is 0.456 e. The van der Waals surface area contributed by atoms with Crippen LogP contribution in [-0.2, 0) is 0 Å². The molecule has 0 unspecified atom stereocenters. The maximum atomic E-state index is 6.38. The van der Waals surface area contributed by atoms with Gasteiger partial charge >= 0.3 is 0 Å². The van der Waals surface area contributed by atoms with E-state index in [1.165, 1.54) is 21.5 Å². The Hall–Kier alpha value is -6.52. The molecule has 0 saturated carbocycles. The molecule has 8 aromatic carbocycles. The Labute approximate surface area is 273 Å². The van der Waals surface area contributed by atoms with Gasteiger partial charge in [0.1, 0.15) is 33.5 Å². The summed E-state index contributed by atoms with van der Waals surface area (Å²) in [4.78, 5) is 2.30. The van der Waals surface area contributed by atoms with Gasteiger partial charge in [-0.15, -0.1) is 0 Å². The Kier molecular flexibility index (Phi) is 5.08. The zero-order valence-electron chi connectivity index (χ0n) is 25.6. The number of rotatable bonds is 3. The number of anilines is 3. The Morgan fingerprint density at radius 2 is 0.750 bits per heavy atom. The third kappa shape index (κ3) is 3.60. The topological polar surface area (TPSA) is 42.7 Å². The SMILES string of the molecule is c1ccc2c(c1)oc1cc(N(c3ccc4c(c3)oc3ccccc34)c3ccc4ccc5ccc6oc7ccccc7c6c5c4c3)ccc12. The monoisotopic (exact) mass is 615 g/mol. The van der Waals surface area contributed by atoms with Crippen LogP contribution in [0.25, 0.3) is 87.4 Å². The summed E-state index contributed by atoms with van der Waals surface area (Å²) in [7, 11) is 0. The predicted molar refractivity (Wildman–Crippen MR) is 198 cm³/mol. The van der Waals surface area contributed by atoms with Crippen molar-refractivity contribution in [2.24, 2.45) is 0 Å². The molecule has 0 atom stereocenters. The van der Waals surface area contributed by atoms with Gasteiger partial charge in [0.2, 0.25) is 0 Å². The molecule has 3 heterocycles. The van der Waals surface area contributed by atoms with Crippen molar-refractivity contribution in [1.82, 2.24) is 0 Å². The van der Waals surface area contributed by atoms with E-state index in [0.717, 1.165) is 82.9 Å². The number of benzene rings is 8. The second-order valence-electron chi connectivity index (χ2n) is 12.5. The van der Waals surface area contributed by atoms with Gasteiger partial charge in [-0.3, -0.25) is 0 Å². The summed E-state index contributed by atoms with van der Waals surface area (Å²) < 4.78 is 19.1. The molecule has 11 aromatic rings. The van der Waals surface area contributed by atoms with Crippen LogP contribution in [0.15, 0.2) is 165 Å². The van der Waals surface area contributed by atoms with Gasteiger partial charge in [0, 0.05) is 66.9 Å². The van der Waals surface area contributed by atoms with Gasteiger partial charge in [-0.05, 0) is 76.8 Å². The highest BCUT2D eigenvalue weighted by molar-refractivity contribution is 6.27. The molecule has 0 aliphatic rings. The second-order valence-corrected chi connectivity index (χ2v) is 12.5. The first-order chi connectivity index (χ1) is 23.8. The van der Waals surface area contributed by atoms with E-state index in [2.05, 4.69) is 120 Å². The third-order valence-electron chi connectivity index (χ3n) is 9.82. The second kappa shape index (κ2) is 9.50. The van der Waals surface area contributed by atoms with E-state index >= 15 is 0 Å². The first-order valence-electron chi connectivity index (χ1n) is 16.2. The molecule has 224 valence electrons. The van der Waals surface area contributed by atoms with Crippen LogP contribution in [0.1, 0.15) is 0 Å². The molecule has 4 heteroatoms. The summed E-state index contributed by atoms with van der Waals surface area (Å²) in [5, 5.41) is 11.4. The number of fused-ring (bicyclic) bond motifs is 13. The summed E-state index contributed by atoms with van der Waals surface area (Å²) in [6, 6.07) is 53.1. The van der Waals surface area contributed by atoms with E-state index in [4.69, 9.17) is 13.3 Å². The van der Waals surface area contributed by atoms with E-state index < -0.39 is 0 Å². The summed E-state index contributed by atoms with van der Waals surface area (Å²) >= 11 is 0. The van der Waals surface area contributed by atoms with E-state index in [-0.39, 0.29) is 0 Å². The molecule has 0 aliphatic heterocycles. The minimum atomic E-state index is 0.848. The van der Waals surface area contributed by atoms with Gasteiger partial charge in [0.25, 0.3) is 0 Å². The van der Waals surface area contributed by atoms with E-state index in [1.54, 1.807) is 0 Å². The van der Waals surface area contributed by atoms with Crippen molar-refractivity contribution in [3.05, 3.63) is 152 Å². The summed E-state index contributed by atoms with van der Waals surface area (Å²) in [6.07, 6.45) is 0. The van der Waals surface area contributed by atoms with Crippen molar-refractivity contribution in [2.45, 2.75) is 0 Å². The fourth-order valence-electron chi connectivity index (χ4n) is 7.64. The minimum absolute atomic E-state index is 0.848. The van der Waals surface area contributed by atoms with Crippen molar-refractivity contribution in [3.63, 3.8) is 0 Å². The summed E-state index contributed by atoms with van der Waals surface area (Å²) in [5.41, 5.74) is 8.28. The fraction of sp³-hybridized carbons (Fsp3) is 0. The minimum Gasteiger partial charge on any atom is -0.456 e. The number of hydrogen-bond acceptors (Lipinski definition) is 4. The normalized spacial score (nSPS) is 12.2. The number of para-hydroxylation sites is 3. The Morgan fingerprint density at radius 1 is 0.292 bits per heavy atom. The molecule has 0 amide bonds. The lowest BCUT2D eigenvalue weighted by Gasteiger charge is -2.26. The van der Waals surface area contributed by atoms with Crippen LogP contribution < -0.4 is 4.90 Å². The van der Waals surface area contributed by atoms with Gasteiger partial charge in [-0.25, -0.2) is 0 Å². The van der Waals surface area contributed by atoms with Crippen molar-refractivity contribution in [3.8, 4) is 0 Å². The van der Waals surface area contributed by atoms with Crippen molar-refractivity contribution in [2.75, 3.05) is 4.90 Å². The highest BCUT2D eigenvalue weighted by Gasteiger charge is 2.19. The van der Waals surface area contributed by atoms with E-state index in [9.17, 15) is 0 Å². The first-order valence-corrected chi connectivity index (χ1v) is 16.2. The Balaban J connectivity index is 1.20. The van der Waals surface area contributed by atoms with Crippen molar-refractivity contribution >= 4 is 104 Å². The molecular formula is C44H25NO3. The smallest absolute Gasteiger partial charge is 0.137 e. The highest BCUT2D eigenvalue weighted by atomic mass is 16.3. The summed E-state index contributed by atoms with van der Waals surface area (Å²) in [5.74, 6) is 0. The van der Waals surface area contributed by atoms with Gasteiger partial charge in [-0.2, -0.15) is 0 Å². The zero-order chi connectivity index (χ0) is 31.3. The molecule has 0 aliphatic carbocycles. The van der Waals surface area contributed by atoms with Crippen molar-refractivity contribution in [1.29, 1.82) is 0 Å². The molecule has 4 nitrogen and oxygen atoms in total. The average molecular weight is 616 g/mol. The van der Waals surface area contributed by atoms with E-state index in [1.807, 2.05) is 36.4 Å². The van der Waals surface area contributed by atoms with Crippen LogP contribution in [0, 0.1) is 0 Å². The Morgan fingerprint density at radius 3 is 1.42 bits per heavy atom. The maximum absolute atomic E-state index is 6.38. The molecular weight excluding hydrogens is 590 g/mol. The quantitative estimate of drug-likeness (QED) is 0.185. The molecule has 0 spiro atoms. The van der Waals surface area contributed by atoms with Crippen LogP contribution in [0.5, 0.6) is 0 Å². The Bertz CT molecular complexity index is 2970. The van der Waals surface area contributed by atoms with Crippen LogP contribution in [-0.4, -0.2) is 0 Å². The lowest BCUT2D eigenvalue weighted by molar-refractivity contribution is 0.668. The standard InChI is InChI=1S/C44H25NO3/c1-4-10-37-31(7-1)33-20-18-29(24-41(33)47-37)45(30-19-21-34-32-8-2-5-11-38(32)48-42(34)25-30)28-17-15-26-13-14-27-16-22-40-44(43(27)36(26)23-28)35-9-3-6-12-39(35)46-40/h1-25H. The molecule has 0 radical (unpaired) electrons. The van der Waals surface area contributed by atoms with Gasteiger partial charge in [0.15, 0.2) is 0 Å². The molecule has 48 heavy (non-hydrogen) atoms. The van der Waals surface area contributed by atoms with Gasteiger partial charge in [0.05, 0.1) is 0 Å². The van der Waals surface area contributed by atoms with Gasteiger partial charge in [-0.1, -0.05) is 78.9 Å². The third-order valence-corrected chi connectivity index (χ3v) is 9.82. The first kappa shape index (κ1) is 25.6. The highest BCUT2D eigenvalue weighted by Crippen LogP contribution is 2.44. The van der Waals surface area contributed by atoms with E-state index in [0.29, 0.717) is 0 Å². The lowest BCUT2D eigenvalue weighted by atomic mass is 9.97. The van der Waals surface area contributed by atoms with Gasteiger partial charge < -0.3 is 18.2 Å². The maximum Gasteiger partial charge on any atom is 0.137 e. The lowest BCUT2D eigenvalue weighted by Crippen LogP contribution is -2.09. The van der Waals surface area contributed by atoms with Crippen molar-refractivity contribution < 1.29 is 13.3 Å². The van der Waals surface area contributed by atoms with Crippen LogP contribution in [0.2, 0.25) is 0 Å². The summed E-state index contributed by atoms with van der Waals surface area (Å²) in [6.45, 7) is 0. The molecule has 11 rings (SSSR count). The number of nitrogens with zero attached hydrogens (tertiary/aromatic N) is 1. The average Bonchev–Trinajstić information content (AvgIpc) is 3.82. The fourth-order valence-corrected chi connectivity index (χ4v) is 7.64. The molecule has 3 aromatic heterocycles. The predicted octanol–water partition coefficient (Wildman–Crippen LogP) is 13.2. The molecule has 0 fully saturated rings. The molecule has 0 N–H and O–H groups in total. The zero-order valence-corrected chi connectivity index (χ0v) is 25.6. The number of furan rings is 3. The number of hydrogen-bond donors (Lipinski definition) is 0. The van der Waals surface area contributed by atoms with Crippen LogP contribution in [0.3, 0.4) is 0 Å². The molecule has 0 bridgehead atoms. The van der Waals surface area contributed by atoms with Crippen LogP contribution >= 0.6 is 0 Å².